The zero-order chi connectivity index (χ0) is 19.9. The molecule has 1 unspecified atom stereocenters. The van der Waals surface area contributed by atoms with Crippen LogP contribution in [0.2, 0.25) is 0 Å². The Labute approximate surface area is 162 Å². The highest BCUT2D eigenvalue weighted by molar-refractivity contribution is 5.86. The third kappa shape index (κ3) is 3.58. The third-order valence-corrected chi connectivity index (χ3v) is 6.63. The topological polar surface area (TPSA) is 56.7 Å². The molecule has 0 radical (unpaired) electrons. The van der Waals surface area contributed by atoms with E-state index in [9.17, 15) is 23.1 Å². The molecule has 4 rings (SSSR count). The van der Waals surface area contributed by atoms with Crippen LogP contribution in [-0.4, -0.2) is 52.7 Å². The highest BCUT2D eigenvalue weighted by atomic mass is 19.4. The Morgan fingerprint density at radius 1 is 1.11 bits per heavy atom. The van der Waals surface area contributed by atoms with E-state index in [2.05, 4.69) is 4.98 Å². The number of nitrogens with zero attached hydrogens (tertiary/aromatic N) is 3. The SMILES string of the molecule is O=C1N(C2CCC(O)CC2)CCC12CCCN(c1ccc(C(F)(F)F)cn1)C2. The average molecular weight is 397 g/mol. The highest BCUT2D eigenvalue weighted by Crippen LogP contribution is 2.43. The van der Waals surface area contributed by atoms with Gasteiger partial charge in [0.25, 0.3) is 0 Å². The molecule has 2 saturated heterocycles. The second kappa shape index (κ2) is 7.21. The van der Waals surface area contributed by atoms with Crippen LogP contribution in [0.15, 0.2) is 18.3 Å². The molecule has 28 heavy (non-hydrogen) atoms. The lowest BCUT2D eigenvalue weighted by molar-refractivity contribution is -0.139. The summed E-state index contributed by atoms with van der Waals surface area (Å²) in [6, 6.07) is 2.66. The van der Waals surface area contributed by atoms with Crippen LogP contribution in [-0.2, 0) is 11.0 Å². The Morgan fingerprint density at radius 2 is 1.86 bits per heavy atom. The van der Waals surface area contributed by atoms with Crippen molar-refractivity contribution in [2.24, 2.45) is 5.41 Å². The fourth-order valence-corrected chi connectivity index (χ4v) is 5.01. The Balaban J connectivity index is 1.47. The van der Waals surface area contributed by atoms with Gasteiger partial charge in [0.15, 0.2) is 0 Å². The van der Waals surface area contributed by atoms with Crippen LogP contribution < -0.4 is 4.90 Å². The van der Waals surface area contributed by atoms with Crippen molar-refractivity contribution in [3.63, 3.8) is 0 Å². The molecule has 3 aliphatic rings. The molecule has 0 aromatic carbocycles. The van der Waals surface area contributed by atoms with E-state index in [0.29, 0.717) is 18.9 Å². The molecule has 3 fully saturated rings. The lowest BCUT2D eigenvalue weighted by Crippen LogP contribution is -2.50. The normalized spacial score (nSPS) is 31.6. The van der Waals surface area contributed by atoms with Gasteiger partial charge in [-0.25, -0.2) is 4.98 Å². The summed E-state index contributed by atoms with van der Waals surface area (Å²) in [6.45, 7) is 1.94. The Bertz CT molecular complexity index is 716. The predicted octanol–water partition coefficient (Wildman–Crippen LogP) is 3.22. The van der Waals surface area contributed by atoms with Gasteiger partial charge in [0.2, 0.25) is 5.91 Å². The van der Waals surface area contributed by atoms with E-state index < -0.39 is 17.2 Å². The number of aliphatic hydroxyl groups is 1. The number of aliphatic hydroxyl groups excluding tert-OH is 1. The Hall–Kier alpha value is -1.83. The van der Waals surface area contributed by atoms with E-state index in [4.69, 9.17) is 0 Å². The lowest BCUT2D eigenvalue weighted by Gasteiger charge is -2.41. The minimum atomic E-state index is -4.40. The first-order chi connectivity index (χ1) is 13.3. The van der Waals surface area contributed by atoms with Crippen LogP contribution in [0, 0.1) is 5.41 Å². The summed E-state index contributed by atoms with van der Waals surface area (Å²) in [6.07, 6.45) is 1.80. The van der Waals surface area contributed by atoms with E-state index in [-0.39, 0.29) is 18.1 Å². The second-order valence-electron chi connectivity index (χ2n) is 8.42. The number of hydrogen-bond acceptors (Lipinski definition) is 4. The van der Waals surface area contributed by atoms with Crippen molar-refractivity contribution in [3.05, 3.63) is 23.9 Å². The molecule has 1 aromatic heterocycles. The van der Waals surface area contributed by atoms with Crippen molar-refractivity contribution in [2.75, 3.05) is 24.5 Å². The summed E-state index contributed by atoms with van der Waals surface area (Å²) in [5.41, 5.74) is -1.22. The number of carbonyl (C=O) groups excluding carboxylic acids is 1. The number of anilines is 1. The minimum absolute atomic E-state index is 0.172. The maximum atomic E-state index is 13.3. The van der Waals surface area contributed by atoms with Crippen LogP contribution in [0.3, 0.4) is 0 Å². The standard InChI is InChI=1S/C20H26F3N3O2/c21-20(22,23)14-2-7-17(24-12-14)25-10-1-8-19(13-25)9-11-26(18(19)28)15-3-5-16(27)6-4-15/h2,7,12,15-16,27H,1,3-6,8-11,13H2. The van der Waals surface area contributed by atoms with Crippen LogP contribution in [0.4, 0.5) is 19.0 Å². The van der Waals surface area contributed by atoms with Crippen molar-refractivity contribution < 1.29 is 23.1 Å². The summed E-state index contributed by atoms with van der Waals surface area (Å²) < 4.78 is 38.3. The largest absolute Gasteiger partial charge is 0.417 e. The van der Waals surface area contributed by atoms with Gasteiger partial charge in [-0.15, -0.1) is 0 Å². The van der Waals surface area contributed by atoms with Crippen LogP contribution in [0.1, 0.15) is 50.5 Å². The Kier molecular flexibility index (Phi) is 5.02. The van der Waals surface area contributed by atoms with Gasteiger partial charge in [0.05, 0.1) is 17.1 Å². The van der Waals surface area contributed by atoms with E-state index >= 15 is 0 Å². The number of likely N-dealkylation sites (tertiary alicyclic amines) is 1. The molecule has 3 heterocycles. The van der Waals surface area contributed by atoms with Crippen molar-refractivity contribution >= 4 is 11.7 Å². The molecule has 1 atom stereocenters. The maximum Gasteiger partial charge on any atom is 0.417 e. The van der Waals surface area contributed by atoms with Gasteiger partial charge in [0.1, 0.15) is 5.82 Å². The van der Waals surface area contributed by atoms with E-state index in [1.807, 2.05) is 9.80 Å². The average Bonchev–Trinajstić information content (AvgIpc) is 2.98. The fourth-order valence-electron chi connectivity index (χ4n) is 5.01. The number of rotatable bonds is 2. The molecule has 2 aliphatic heterocycles. The molecule has 1 spiro atoms. The minimum Gasteiger partial charge on any atom is -0.393 e. The van der Waals surface area contributed by atoms with Gasteiger partial charge in [0, 0.05) is 31.9 Å². The van der Waals surface area contributed by atoms with Crippen molar-refractivity contribution in [2.45, 2.75) is 63.3 Å². The van der Waals surface area contributed by atoms with Gasteiger partial charge in [-0.05, 0) is 57.1 Å². The first kappa shape index (κ1) is 19.5. The van der Waals surface area contributed by atoms with Gasteiger partial charge < -0.3 is 14.9 Å². The lowest BCUT2D eigenvalue weighted by atomic mass is 9.78. The number of halogens is 3. The number of piperidine rings is 1. The number of aromatic nitrogens is 1. The van der Waals surface area contributed by atoms with Crippen molar-refractivity contribution in [1.82, 2.24) is 9.88 Å². The molecule has 1 amide bonds. The number of alkyl halides is 3. The summed E-state index contributed by atoms with van der Waals surface area (Å²) in [4.78, 5) is 21.3. The van der Waals surface area contributed by atoms with E-state index in [1.165, 1.54) is 6.07 Å². The predicted molar refractivity (Wildman–Crippen MR) is 97.7 cm³/mol. The molecule has 0 bridgehead atoms. The number of carbonyl (C=O) groups is 1. The zero-order valence-electron chi connectivity index (χ0n) is 15.8. The molecule has 1 aromatic rings. The van der Waals surface area contributed by atoms with Crippen molar-refractivity contribution in [1.29, 1.82) is 0 Å². The van der Waals surface area contributed by atoms with Crippen LogP contribution in [0.5, 0.6) is 0 Å². The number of hydrogen-bond donors (Lipinski definition) is 1. The number of pyridine rings is 1. The number of amides is 1. The van der Waals surface area contributed by atoms with Gasteiger partial charge in [-0.1, -0.05) is 0 Å². The quantitative estimate of drug-likeness (QED) is 0.833. The molecular weight excluding hydrogens is 371 g/mol. The fraction of sp³-hybridized carbons (Fsp3) is 0.700. The van der Waals surface area contributed by atoms with Gasteiger partial charge in [-0.3, -0.25) is 4.79 Å². The molecule has 154 valence electrons. The molecular formula is C20H26F3N3O2. The smallest absolute Gasteiger partial charge is 0.393 e. The summed E-state index contributed by atoms with van der Waals surface area (Å²) in [5.74, 6) is 0.671. The summed E-state index contributed by atoms with van der Waals surface area (Å²) >= 11 is 0. The molecule has 5 nitrogen and oxygen atoms in total. The third-order valence-electron chi connectivity index (χ3n) is 6.63. The Morgan fingerprint density at radius 3 is 2.50 bits per heavy atom. The molecule has 1 saturated carbocycles. The van der Waals surface area contributed by atoms with Crippen LogP contribution in [0.25, 0.3) is 0 Å². The summed E-state index contributed by atoms with van der Waals surface area (Å²) in [7, 11) is 0. The molecule has 1 N–H and O–H groups in total. The van der Waals surface area contributed by atoms with E-state index in [1.54, 1.807) is 0 Å². The summed E-state index contributed by atoms with van der Waals surface area (Å²) in [5, 5.41) is 9.72. The second-order valence-corrected chi connectivity index (χ2v) is 8.42. The zero-order valence-corrected chi connectivity index (χ0v) is 15.8. The molecule has 1 aliphatic carbocycles. The monoisotopic (exact) mass is 397 g/mol. The van der Waals surface area contributed by atoms with Crippen LogP contribution >= 0.6 is 0 Å². The highest BCUT2D eigenvalue weighted by Gasteiger charge is 2.50. The first-order valence-electron chi connectivity index (χ1n) is 10.1. The molecule has 8 heteroatoms. The van der Waals surface area contributed by atoms with E-state index in [0.717, 1.165) is 63.8 Å². The van der Waals surface area contributed by atoms with Gasteiger partial charge >= 0.3 is 6.18 Å². The maximum absolute atomic E-state index is 13.3. The van der Waals surface area contributed by atoms with Gasteiger partial charge in [-0.2, -0.15) is 13.2 Å². The van der Waals surface area contributed by atoms with Crippen molar-refractivity contribution in [3.8, 4) is 0 Å². The first-order valence-corrected chi connectivity index (χ1v) is 10.1.